The maximum Gasteiger partial charge on any atom is 0.269 e. The fraction of sp³-hybridized carbons (Fsp3) is 0.200. The highest BCUT2D eigenvalue weighted by Gasteiger charge is 2.20. The van der Waals surface area contributed by atoms with Crippen molar-refractivity contribution in [2.45, 2.75) is 25.3 Å². The van der Waals surface area contributed by atoms with Gasteiger partial charge in [-0.05, 0) is 49.8 Å². The van der Waals surface area contributed by atoms with E-state index in [4.69, 9.17) is 0 Å². The number of hydrogen-bond acceptors (Lipinski definition) is 5. The number of para-hydroxylation sites is 1. The fourth-order valence-corrected chi connectivity index (χ4v) is 7.12. The van der Waals surface area contributed by atoms with Gasteiger partial charge in [-0.1, -0.05) is 41.3 Å². The van der Waals surface area contributed by atoms with Crippen molar-refractivity contribution in [2.75, 3.05) is 11.9 Å². The molecule has 0 aliphatic carbocycles. The van der Waals surface area contributed by atoms with Gasteiger partial charge in [0, 0.05) is 24.6 Å². The second-order valence-electron chi connectivity index (χ2n) is 7.77. The molecule has 8 heteroatoms. The van der Waals surface area contributed by atoms with E-state index in [1.807, 2.05) is 17.6 Å². The van der Waals surface area contributed by atoms with Gasteiger partial charge in [0.15, 0.2) is 0 Å². The number of benzene rings is 2. The lowest BCUT2D eigenvalue weighted by Crippen LogP contribution is -3.00. The standard InChI is InChI=1S/C25H24N3OS3.ClH/c1-5-28-24(15-23-27(4)18-14-16(2)10-11-20(18)31-23)32-21(25(28)29)12-13-22-26(3)17-8-6-7-9-19(17)30-22;/h6-15H,5H2,1-4H3;1H/q+1;/p-1/b21-12-,22-13-;. The van der Waals surface area contributed by atoms with E-state index < -0.39 is 0 Å². The molecule has 2 aromatic heterocycles. The van der Waals surface area contributed by atoms with Gasteiger partial charge >= 0.3 is 0 Å². The lowest BCUT2D eigenvalue weighted by molar-refractivity contribution is -0.642. The Hall–Kier alpha value is -2.32. The summed E-state index contributed by atoms with van der Waals surface area (Å²) in [6.07, 6.45) is 6.17. The van der Waals surface area contributed by atoms with Crippen LogP contribution in [0.3, 0.4) is 0 Å². The normalized spacial score (nSPS) is 15.5. The van der Waals surface area contributed by atoms with Crippen LogP contribution in [-0.4, -0.2) is 11.6 Å². The van der Waals surface area contributed by atoms with Crippen molar-refractivity contribution in [3.05, 3.63) is 83.7 Å². The number of anilines is 1. The zero-order valence-corrected chi connectivity index (χ0v) is 22.0. The molecule has 33 heavy (non-hydrogen) atoms. The predicted molar refractivity (Wildman–Crippen MR) is 138 cm³/mol. The van der Waals surface area contributed by atoms with Crippen molar-refractivity contribution in [1.82, 2.24) is 4.57 Å². The Labute approximate surface area is 211 Å². The summed E-state index contributed by atoms with van der Waals surface area (Å²) >= 11 is 5.05. The molecule has 1 aliphatic heterocycles. The molecule has 0 N–H and O–H groups in total. The van der Waals surface area contributed by atoms with Crippen LogP contribution in [0, 0.1) is 6.92 Å². The number of allylic oxidation sites excluding steroid dienone is 1. The Kier molecular flexibility index (Phi) is 6.86. The molecule has 0 bridgehead atoms. The quantitative estimate of drug-likeness (QED) is 0.382. The molecule has 3 heterocycles. The summed E-state index contributed by atoms with van der Waals surface area (Å²) in [5, 5.41) is 2.26. The molecule has 0 unspecified atom stereocenters. The van der Waals surface area contributed by atoms with E-state index in [1.54, 1.807) is 34.4 Å². The summed E-state index contributed by atoms with van der Waals surface area (Å²) in [5.74, 6) is 0. The smallest absolute Gasteiger partial charge is 0.269 e. The molecule has 0 atom stereocenters. The first-order chi connectivity index (χ1) is 15.5. The van der Waals surface area contributed by atoms with Crippen molar-refractivity contribution >= 4 is 62.5 Å². The van der Waals surface area contributed by atoms with Crippen LogP contribution in [0.25, 0.3) is 22.4 Å². The van der Waals surface area contributed by atoms with Gasteiger partial charge in [0.05, 0.1) is 21.3 Å². The first kappa shape index (κ1) is 23.8. The van der Waals surface area contributed by atoms with Gasteiger partial charge in [-0.15, -0.1) is 11.3 Å². The molecule has 4 nitrogen and oxygen atoms in total. The summed E-state index contributed by atoms with van der Waals surface area (Å²) in [6, 6.07) is 14.9. The monoisotopic (exact) mass is 513 g/mol. The van der Waals surface area contributed by atoms with Crippen molar-refractivity contribution in [3.8, 4) is 0 Å². The topological polar surface area (TPSA) is 29.1 Å². The van der Waals surface area contributed by atoms with Crippen LogP contribution in [-0.2, 0) is 13.6 Å². The molecule has 2 aromatic carbocycles. The van der Waals surface area contributed by atoms with Gasteiger partial charge in [-0.25, -0.2) is 0 Å². The minimum absolute atomic E-state index is 0. The largest absolute Gasteiger partial charge is 1.00 e. The highest BCUT2D eigenvalue weighted by Crippen LogP contribution is 2.44. The molecule has 0 amide bonds. The van der Waals surface area contributed by atoms with E-state index in [9.17, 15) is 4.79 Å². The van der Waals surface area contributed by atoms with Crippen molar-refractivity contribution in [3.63, 3.8) is 0 Å². The molecular weight excluding hydrogens is 490 g/mol. The summed E-state index contributed by atoms with van der Waals surface area (Å²) in [6.45, 7) is 4.79. The second kappa shape index (κ2) is 9.50. The minimum Gasteiger partial charge on any atom is -1.00 e. The van der Waals surface area contributed by atoms with Crippen LogP contribution in [0.1, 0.15) is 17.5 Å². The average molecular weight is 514 g/mol. The van der Waals surface area contributed by atoms with Crippen LogP contribution in [0.4, 0.5) is 5.69 Å². The molecule has 1 aliphatic rings. The third kappa shape index (κ3) is 4.30. The average Bonchev–Trinajstić information content (AvgIpc) is 3.39. The Balaban J connectivity index is 0.00000259. The summed E-state index contributed by atoms with van der Waals surface area (Å²) in [7, 11) is 4.16. The second-order valence-corrected chi connectivity index (χ2v) is 11.0. The van der Waals surface area contributed by atoms with E-state index in [0.717, 1.165) is 19.2 Å². The Morgan fingerprint density at radius 3 is 2.64 bits per heavy atom. The zero-order valence-electron chi connectivity index (χ0n) is 18.8. The molecule has 170 valence electrons. The fourth-order valence-electron chi connectivity index (χ4n) is 3.88. The molecule has 0 saturated carbocycles. The Bertz CT molecular complexity index is 1560. The number of nitrogens with zero attached hydrogens (tertiary/aromatic N) is 3. The number of thioether (sulfide) groups is 1. The first-order valence-corrected chi connectivity index (χ1v) is 12.9. The summed E-state index contributed by atoms with van der Waals surface area (Å²) < 4.78 is 7.07. The van der Waals surface area contributed by atoms with Crippen LogP contribution in [0.5, 0.6) is 0 Å². The van der Waals surface area contributed by atoms with Crippen molar-refractivity contribution in [2.24, 2.45) is 7.05 Å². The minimum atomic E-state index is 0. The lowest BCUT2D eigenvalue weighted by atomic mass is 10.2. The van der Waals surface area contributed by atoms with Gasteiger partial charge in [0.2, 0.25) is 5.52 Å². The lowest BCUT2D eigenvalue weighted by Gasteiger charge is -2.12. The van der Waals surface area contributed by atoms with E-state index in [2.05, 4.69) is 85.1 Å². The summed E-state index contributed by atoms with van der Waals surface area (Å²) in [5.41, 5.74) is 3.75. The zero-order chi connectivity index (χ0) is 22.4. The molecule has 4 aromatic rings. The van der Waals surface area contributed by atoms with Crippen LogP contribution in [0.15, 0.2) is 63.3 Å². The number of aromatic nitrogens is 2. The van der Waals surface area contributed by atoms with Gasteiger partial charge < -0.3 is 17.3 Å². The predicted octanol–water partition coefficient (Wildman–Crippen LogP) is 0.974. The molecule has 5 rings (SSSR count). The SMILES string of the molecule is CCn1c(=O)/c(=C/C=C2\Sc3ccccc3N2C)s/c1=C\c1sc2ccc(C)cc2[n+]1C.[Cl-]. The number of aryl methyl sites for hydroxylation is 2. The van der Waals surface area contributed by atoms with Crippen LogP contribution >= 0.6 is 34.4 Å². The molecule has 0 spiro atoms. The number of halogens is 1. The molecule has 0 radical (unpaired) electrons. The number of thiazole rings is 2. The Morgan fingerprint density at radius 2 is 1.88 bits per heavy atom. The third-order valence-corrected chi connectivity index (χ3v) is 9.10. The first-order valence-electron chi connectivity index (χ1n) is 10.5. The number of fused-ring (bicyclic) bond motifs is 2. The van der Waals surface area contributed by atoms with Gasteiger partial charge in [-0.2, -0.15) is 4.57 Å². The Morgan fingerprint density at radius 1 is 1.09 bits per heavy atom. The van der Waals surface area contributed by atoms with E-state index in [-0.39, 0.29) is 18.0 Å². The maximum atomic E-state index is 13.1. The molecule has 0 saturated heterocycles. The van der Waals surface area contributed by atoms with Crippen LogP contribution in [0.2, 0.25) is 0 Å². The highest BCUT2D eigenvalue weighted by atomic mass is 35.5. The van der Waals surface area contributed by atoms with Crippen molar-refractivity contribution < 1.29 is 17.0 Å². The van der Waals surface area contributed by atoms with E-state index in [1.165, 1.54) is 26.4 Å². The van der Waals surface area contributed by atoms with Gasteiger partial charge in [0.25, 0.3) is 10.6 Å². The van der Waals surface area contributed by atoms with Gasteiger partial charge in [-0.3, -0.25) is 9.36 Å². The summed E-state index contributed by atoms with van der Waals surface area (Å²) in [4.78, 5) is 16.5. The van der Waals surface area contributed by atoms with Gasteiger partial charge in [0.1, 0.15) is 16.4 Å². The molecule has 0 fully saturated rings. The maximum absolute atomic E-state index is 13.1. The number of rotatable bonds is 3. The third-order valence-electron chi connectivity index (χ3n) is 5.67. The van der Waals surface area contributed by atoms with E-state index >= 15 is 0 Å². The van der Waals surface area contributed by atoms with Crippen LogP contribution < -0.4 is 36.6 Å². The highest BCUT2D eigenvalue weighted by molar-refractivity contribution is 8.03. The number of hydrogen-bond donors (Lipinski definition) is 0. The van der Waals surface area contributed by atoms with Crippen molar-refractivity contribution in [1.29, 1.82) is 0 Å². The molecular formula is C25H24ClN3OS3. The van der Waals surface area contributed by atoms with E-state index in [0.29, 0.717) is 6.54 Å².